The van der Waals surface area contributed by atoms with Crippen LogP contribution >= 0.6 is 0 Å². The molecule has 43 heavy (non-hydrogen) atoms. The monoisotopic (exact) mass is 605 g/mol. The molecule has 1 rings (SSSR count). The van der Waals surface area contributed by atoms with Gasteiger partial charge in [-0.3, -0.25) is 10.1 Å². The zero-order valence-electron chi connectivity index (χ0n) is 28.9. The van der Waals surface area contributed by atoms with Crippen LogP contribution in [0.4, 0.5) is 0 Å². The van der Waals surface area contributed by atoms with Gasteiger partial charge >= 0.3 is 5.97 Å². The van der Waals surface area contributed by atoms with Crippen LogP contribution < -0.4 is 5.32 Å². The minimum absolute atomic E-state index is 0.00177. The van der Waals surface area contributed by atoms with E-state index in [2.05, 4.69) is 55.5 Å². The molecule has 1 saturated heterocycles. The number of nitrogens with zero attached hydrogens (tertiary/aromatic N) is 1. The molecule has 0 aliphatic carbocycles. The van der Waals surface area contributed by atoms with Gasteiger partial charge in [0.25, 0.3) is 0 Å². The number of nitrogens with one attached hydrogen (secondary N) is 1. The average molecular weight is 605 g/mol. The molecule has 0 amide bonds. The van der Waals surface area contributed by atoms with Crippen molar-refractivity contribution in [3.05, 3.63) is 24.3 Å². The van der Waals surface area contributed by atoms with Crippen LogP contribution in [-0.4, -0.2) is 57.0 Å². The summed E-state index contributed by atoms with van der Waals surface area (Å²) in [5.41, 5.74) is 0. The molecule has 0 bridgehead atoms. The smallest absolute Gasteiger partial charge is 0.306 e. The van der Waals surface area contributed by atoms with Crippen LogP contribution in [0.2, 0.25) is 0 Å². The highest BCUT2D eigenvalue weighted by Crippen LogP contribution is 2.18. The van der Waals surface area contributed by atoms with Gasteiger partial charge in [-0.25, -0.2) is 0 Å². The molecule has 252 valence electrons. The minimum atomic E-state index is 0.00177. The maximum Gasteiger partial charge on any atom is 0.306 e. The van der Waals surface area contributed by atoms with Crippen molar-refractivity contribution in [1.82, 2.24) is 10.2 Å². The van der Waals surface area contributed by atoms with Crippen molar-refractivity contribution in [2.75, 3.05) is 33.8 Å². The van der Waals surface area contributed by atoms with E-state index in [1.54, 1.807) is 0 Å². The second-order valence-corrected chi connectivity index (χ2v) is 13.1. The number of ether oxygens (including phenoxy) is 2. The standard InChI is InChI=1S/C38H72N2O3/c1-4-5-6-7-8-9-10-11-12-13-14-15-16-18-21-24-29-36(43-38(41)32-28-34-40(2)3)30-25-22-19-17-20-23-26-35-42-37-31-27-33-39-37/h8-9,11-12,36-37,39H,4-7,10,13-35H2,1-3H3/b9-8-,12-11-. The second kappa shape index (κ2) is 30.8. The topological polar surface area (TPSA) is 50.8 Å². The zero-order chi connectivity index (χ0) is 31.1. The number of carbonyl (C=O) groups excluding carboxylic acids is 1. The van der Waals surface area contributed by atoms with Crippen LogP contribution in [0.1, 0.15) is 167 Å². The fourth-order valence-electron chi connectivity index (χ4n) is 5.79. The number of rotatable bonds is 31. The van der Waals surface area contributed by atoms with E-state index in [1.165, 1.54) is 128 Å². The molecule has 1 aliphatic rings. The van der Waals surface area contributed by atoms with E-state index in [9.17, 15) is 4.79 Å². The molecular formula is C38H72N2O3. The van der Waals surface area contributed by atoms with Crippen molar-refractivity contribution in [3.8, 4) is 0 Å². The van der Waals surface area contributed by atoms with Crippen molar-refractivity contribution in [1.29, 1.82) is 0 Å². The molecule has 5 nitrogen and oxygen atoms in total. The van der Waals surface area contributed by atoms with Crippen LogP contribution in [0.25, 0.3) is 0 Å². The Bertz CT molecular complexity index is 658. The Morgan fingerprint density at radius 1 is 0.767 bits per heavy atom. The van der Waals surface area contributed by atoms with Crippen molar-refractivity contribution < 1.29 is 14.3 Å². The van der Waals surface area contributed by atoms with E-state index < -0.39 is 0 Å². The summed E-state index contributed by atoms with van der Waals surface area (Å²) in [6.07, 6.45) is 39.6. The molecule has 2 unspecified atom stereocenters. The number of carbonyl (C=O) groups is 1. The number of allylic oxidation sites excluding steroid dienone is 4. The van der Waals surface area contributed by atoms with E-state index in [-0.39, 0.29) is 12.1 Å². The predicted molar refractivity (Wildman–Crippen MR) is 186 cm³/mol. The van der Waals surface area contributed by atoms with E-state index in [4.69, 9.17) is 9.47 Å². The Labute approximate surface area is 268 Å². The lowest BCUT2D eigenvalue weighted by Gasteiger charge is -2.18. The molecule has 1 heterocycles. The molecule has 0 aromatic heterocycles. The Balaban J connectivity index is 2.09. The first-order chi connectivity index (χ1) is 21.1. The number of esters is 1. The van der Waals surface area contributed by atoms with Crippen molar-refractivity contribution in [2.24, 2.45) is 0 Å². The highest BCUT2D eigenvalue weighted by Gasteiger charge is 2.15. The van der Waals surface area contributed by atoms with Crippen LogP contribution in [0.15, 0.2) is 24.3 Å². The molecule has 0 aromatic carbocycles. The summed E-state index contributed by atoms with van der Waals surface area (Å²) in [6.45, 7) is 5.20. The second-order valence-electron chi connectivity index (χ2n) is 13.1. The summed E-state index contributed by atoms with van der Waals surface area (Å²) in [5.74, 6) is 0.00177. The summed E-state index contributed by atoms with van der Waals surface area (Å²) in [6, 6.07) is 0. The van der Waals surface area contributed by atoms with Gasteiger partial charge in [-0.2, -0.15) is 0 Å². The van der Waals surface area contributed by atoms with Crippen molar-refractivity contribution >= 4 is 5.97 Å². The highest BCUT2D eigenvalue weighted by molar-refractivity contribution is 5.69. The van der Waals surface area contributed by atoms with E-state index in [0.717, 1.165) is 45.4 Å². The van der Waals surface area contributed by atoms with E-state index in [0.29, 0.717) is 12.6 Å². The quantitative estimate of drug-likeness (QED) is 0.0485. The molecular weight excluding hydrogens is 532 g/mol. The maximum atomic E-state index is 12.5. The summed E-state index contributed by atoms with van der Waals surface area (Å²) < 4.78 is 11.9. The highest BCUT2D eigenvalue weighted by atomic mass is 16.5. The minimum Gasteiger partial charge on any atom is -0.462 e. The van der Waals surface area contributed by atoms with Crippen LogP contribution in [-0.2, 0) is 14.3 Å². The zero-order valence-corrected chi connectivity index (χ0v) is 28.9. The first kappa shape index (κ1) is 39.9. The SMILES string of the molecule is CCCCC/C=C\C/C=C\CCCCCCCCC(CCCCCCCCCOC1CCCN1)OC(=O)CCCN(C)C. The first-order valence-electron chi connectivity index (χ1n) is 18.6. The Hall–Kier alpha value is -1.17. The van der Waals surface area contributed by atoms with Crippen molar-refractivity contribution in [3.63, 3.8) is 0 Å². The normalized spacial score (nSPS) is 16.2. The third-order valence-corrected chi connectivity index (χ3v) is 8.52. The first-order valence-corrected chi connectivity index (χ1v) is 18.6. The Morgan fingerprint density at radius 2 is 1.35 bits per heavy atom. The van der Waals surface area contributed by atoms with Gasteiger partial charge in [0, 0.05) is 13.0 Å². The molecule has 1 aliphatic heterocycles. The van der Waals surface area contributed by atoms with Gasteiger partial charge < -0.3 is 14.4 Å². The van der Waals surface area contributed by atoms with Gasteiger partial charge in [-0.05, 0) is 111 Å². The molecule has 1 fully saturated rings. The third kappa shape index (κ3) is 28.1. The summed E-state index contributed by atoms with van der Waals surface area (Å²) >= 11 is 0. The fraction of sp³-hybridized carbons (Fsp3) is 0.868. The number of hydrogen-bond donors (Lipinski definition) is 1. The summed E-state index contributed by atoms with van der Waals surface area (Å²) in [4.78, 5) is 14.6. The van der Waals surface area contributed by atoms with Crippen LogP contribution in [0.3, 0.4) is 0 Å². The van der Waals surface area contributed by atoms with E-state index >= 15 is 0 Å². The molecule has 0 radical (unpaired) electrons. The lowest BCUT2D eigenvalue weighted by molar-refractivity contribution is -0.150. The fourth-order valence-corrected chi connectivity index (χ4v) is 5.79. The van der Waals surface area contributed by atoms with Gasteiger partial charge in [0.05, 0.1) is 0 Å². The van der Waals surface area contributed by atoms with Crippen LogP contribution in [0, 0.1) is 0 Å². The molecule has 0 spiro atoms. The summed E-state index contributed by atoms with van der Waals surface area (Å²) in [7, 11) is 4.11. The third-order valence-electron chi connectivity index (χ3n) is 8.52. The van der Waals surface area contributed by atoms with Gasteiger partial charge in [0.15, 0.2) is 0 Å². The van der Waals surface area contributed by atoms with Crippen LogP contribution in [0.5, 0.6) is 0 Å². The Morgan fingerprint density at radius 3 is 1.93 bits per heavy atom. The largest absolute Gasteiger partial charge is 0.462 e. The lowest BCUT2D eigenvalue weighted by atomic mass is 10.0. The van der Waals surface area contributed by atoms with E-state index in [1.807, 2.05) is 0 Å². The number of hydrogen-bond acceptors (Lipinski definition) is 5. The van der Waals surface area contributed by atoms with Gasteiger partial charge in [0.1, 0.15) is 12.3 Å². The number of unbranched alkanes of at least 4 members (excludes halogenated alkanes) is 15. The summed E-state index contributed by atoms with van der Waals surface area (Å²) in [5, 5.41) is 3.40. The molecule has 2 atom stereocenters. The van der Waals surface area contributed by atoms with Gasteiger partial charge in [0.2, 0.25) is 0 Å². The van der Waals surface area contributed by atoms with Gasteiger partial charge in [-0.15, -0.1) is 0 Å². The predicted octanol–water partition coefficient (Wildman–Crippen LogP) is 10.3. The van der Waals surface area contributed by atoms with Gasteiger partial charge in [-0.1, -0.05) is 102 Å². The Kier molecular flexibility index (Phi) is 28.6. The van der Waals surface area contributed by atoms with Crippen molar-refractivity contribution in [2.45, 2.75) is 180 Å². The maximum absolute atomic E-state index is 12.5. The average Bonchev–Trinajstić information content (AvgIpc) is 3.51. The molecule has 5 heteroatoms. The molecule has 1 N–H and O–H groups in total. The lowest BCUT2D eigenvalue weighted by Crippen LogP contribution is -2.24. The molecule has 0 saturated carbocycles. The molecule has 0 aromatic rings.